The molecule has 3 aliphatic heterocycles. The van der Waals surface area contributed by atoms with Gasteiger partial charge in [0.05, 0.1) is 31.1 Å². The normalized spacial score (nSPS) is 30.5. The van der Waals surface area contributed by atoms with Crippen LogP contribution in [0.3, 0.4) is 0 Å². The minimum atomic E-state index is -3.42. The van der Waals surface area contributed by atoms with Crippen LogP contribution in [0, 0.1) is 0 Å². The fourth-order valence-electron chi connectivity index (χ4n) is 4.19. The molecule has 9 heteroatoms. The number of morpholine rings is 1. The van der Waals surface area contributed by atoms with Gasteiger partial charge in [0.2, 0.25) is 16.4 Å². The Labute approximate surface area is 165 Å². The molecule has 0 radical (unpaired) electrons. The van der Waals surface area contributed by atoms with Crippen LogP contribution in [0.25, 0.3) is 0 Å². The molecular formula is C19H26N2O6S. The minimum absolute atomic E-state index is 0.0253. The summed E-state index contributed by atoms with van der Waals surface area (Å²) in [7, 11) is -1.82. The lowest BCUT2D eigenvalue weighted by atomic mass is 10.2. The fraction of sp³-hybridized carbons (Fsp3) is 0.632. The van der Waals surface area contributed by atoms with Gasteiger partial charge < -0.3 is 19.1 Å². The number of benzene rings is 1. The first-order chi connectivity index (χ1) is 13.5. The molecule has 0 saturated carbocycles. The Morgan fingerprint density at radius 3 is 2.54 bits per heavy atom. The van der Waals surface area contributed by atoms with Crippen molar-refractivity contribution in [3.8, 4) is 5.75 Å². The van der Waals surface area contributed by atoms with Crippen LogP contribution < -0.4 is 4.74 Å². The van der Waals surface area contributed by atoms with E-state index in [2.05, 4.69) is 0 Å². The molecule has 3 heterocycles. The van der Waals surface area contributed by atoms with E-state index >= 15 is 0 Å². The predicted octanol–water partition coefficient (Wildman–Crippen LogP) is 0.614. The molecule has 0 aliphatic carbocycles. The maximum Gasteiger partial charge on any atom is 0.218 e. The number of nitrogens with zero attached hydrogens (tertiary/aromatic N) is 2. The van der Waals surface area contributed by atoms with Gasteiger partial charge in [-0.15, -0.1) is 0 Å². The zero-order valence-electron chi connectivity index (χ0n) is 15.9. The number of methoxy groups -OCH3 is 1. The van der Waals surface area contributed by atoms with Crippen molar-refractivity contribution in [3.63, 3.8) is 0 Å². The molecule has 8 nitrogen and oxygen atoms in total. The van der Waals surface area contributed by atoms with E-state index in [4.69, 9.17) is 14.2 Å². The van der Waals surface area contributed by atoms with Gasteiger partial charge in [0, 0.05) is 20.2 Å². The van der Waals surface area contributed by atoms with E-state index in [0.717, 1.165) is 19.3 Å². The van der Waals surface area contributed by atoms with Gasteiger partial charge in [-0.3, -0.25) is 4.79 Å². The molecule has 4 atom stereocenters. The average molecular weight is 410 g/mol. The molecule has 3 fully saturated rings. The molecule has 1 aromatic rings. The molecule has 1 aromatic carbocycles. The van der Waals surface area contributed by atoms with E-state index in [9.17, 15) is 13.2 Å². The second kappa shape index (κ2) is 7.98. The van der Waals surface area contributed by atoms with Crippen molar-refractivity contribution >= 4 is 16.4 Å². The summed E-state index contributed by atoms with van der Waals surface area (Å²) in [4.78, 5) is 12.6. The number of fused-ring (bicyclic) bond motifs is 2. The topological polar surface area (TPSA) is 85.4 Å². The molecule has 4 rings (SSSR count). The van der Waals surface area contributed by atoms with Crippen LogP contribution in [0.1, 0.15) is 18.4 Å². The quantitative estimate of drug-likeness (QED) is 0.613. The van der Waals surface area contributed by atoms with Crippen LogP contribution in [0.2, 0.25) is 0 Å². The van der Waals surface area contributed by atoms with Crippen molar-refractivity contribution in [3.05, 3.63) is 29.8 Å². The third-order valence-electron chi connectivity index (χ3n) is 5.63. The summed E-state index contributed by atoms with van der Waals surface area (Å²) in [5.41, 5.74) is 0.676. The number of hydrogen-bond donors (Lipinski definition) is 0. The molecular weight excluding hydrogens is 384 g/mol. The first-order valence-electron chi connectivity index (χ1n) is 9.58. The Morgan fingerprint density at radius 1 is 1.14 bits per heavy atom. The van der Waals surface area contributed by atoms with E-state index in [-0.39, 0.29) is 30.2 Å². The molecule has 2 bridgehead atoms. The maximum atomic E-state index is 12.9. The van der Waals surface area contributed by atoms with Crippen molar-refractivity contribution in [1.82, 2.24) is 9.21 Å². The van der Waals surface area contributed by atoms with Crippen LogP contribution >= 0.6 is 0 Å². The summed E-state index contributed by atoms with van der Waals surface area (Å²) >= 11 is 0. The molecule has 3 aliphatic rings. The predicted molar refractivity (Wildman–Crippen MR) is 101 cm³/mol. The highest BCUT2D eigenvalue weighted by Crippen LogP contribution is 2.29. The van der Waals surface area contributed by atoms with Gasteiger partial charge in [-0.05, 0) is 30.5 Å². The highest BCUT2D eigenvalue weighted by molar-refractivity contribution is 7.88. The standard InChI is InChI=1S/C19H26N2O6S/c1-25-18-10-20(13-22)11-19(18)27-15-4-2-3-14(7-15)12-28(23,24)21-8-16-5-6-17(9-21)26-16/h2-4,7,13,16-19H,5-6,8-12H2,1H3. The Morgan fingerprint density at radius 2 is 1.86 bits per heavy atom. The Balaban J connectivity index is 1.43. The summed E-state index contributed by atoms with van der Waals surface area (Å²) in [5, 5.41) is 0. The zero-order valence-corrected chi connectivity index (χ0v) is 16.7. The van der Waals surface area contributed by atoms with E-state index in [1.165, 1.54) is 0 Å². The lowest BCUT2D eigenvalue weighted by molar-refractivity contribution is -0.117. The molecule has 0 spiro atoms. The second-order valence-corrected chi connectivity index (χ2v) is 9.64. The number of rotatable bonds is 7. The van der Waals surface area contributed by atoms with E-state index < -0.39 is 10.0 Å². The van der Waals surface area contributed by atoms with Crippen LogP contribution in [0.15, 0.2) is 24.3 Å². The number of sulfonamides is 1. The summed E-state index contributed by atoms with van der Waals surface area (Å²) in [6.07, 6.45) is 2.21. The first-order valence-corrected chi connectivity index (χ1v) is 11.2. The first kappa shape index (κ1) is 19.6. The third kappa shape index (κ3) is 4.17. The number of hydrogen-bond acceptors (Lipinski definition) is 6. The molecule has 28 heavy (non-hydrogen) atoms. The Kier molecular flexibility index (Phi) is 5.59. The molecule has 0 aromatic heterocycles. The molecule has 4 unspecified atom stereocenters. The Hall–Kier alpha value is -1.68. The van der Waals surface area contributed by atoms with Gasteiger partial charge in [0.1, 0.15) is 18.0 Å². The SMILES string of the molecule is COC1CN(C=O)CC1Oc1cccc(CS(=O)(=O)N2CC3CCC(C2)O3)c1. The van der Waals surface area contributed by atoms with E-state index in [1.54, 1.807) is 40.6 Å². The highest BCUT2D eigenvalue weighted by atomic mass is 32.2. The van der Waals surface area contributed by atoms with Crippen molar-refractivity contribution in [2.45, 2.75) is 43.0 Å². The van der Waals surface area contributed by atoms with Crippen molar-refractivity contribution in [2.75, 3.05) is 33.3 Å². The maximum absolute atomic E-state index is 12.9. The van der Waals surface area contributed by atoms with Crippen molar-refractivity contribution < 1.29 is 27.4 Å². The van der Waals surface area contributed by atoms with E-state index in [0.29, 0.717) is 37.5 Å². The Bertz CT molecular complexity index is 804. The fourth-order valence-corrected chi connectivity index (χ4v) is 5.76. The van der Waals surface area contributed by atoms with Crippen LogP contribution in [0.5, 0.6) is 5.75 Å². The van der Waals surface area contributed by atoms with Gasteiger partial charge in [0.25, 0.3) is 0 Å². The summed E-state index contributed by atoms with van der Waals surface area (Å²) in [6.45, 7) is 1.81. The van der Waals surface area contributed by atoms with Gasteiger partial charge >= 0.3 is 0 Å². The number of carbonyl (C=O) groups is 1. The highest BCUT2D eigenvalue weighted by Gasteiger charge is 2.39. The molecule has 0 N–H and O–H groups in total. The van der Waals surface area contributed by atoms with Gasteiger partial charge in [-0.25, -0.2) is 8.42 Å². The van der Waals surface area contributed by atoms with Gasteiger partial charge in [0.15, 0.2) is 0 Å². The summed E-state index contributed by atoms with van der Waals surface area (Å²) in [6, 6.07) is 7.13. The van der Waals surface area contributed by atoms with Crippen LogP contribution in [-0.2, 0) is 30.0 Å². The number of carbonyl (C=O) groups excluding carboxylic acids is 1. The second-order valence-electron chi connectivity index (χ2n) is 7.67. The zero-order chi connectivity index (χ0) is 19.7. The summed E-state index contributed by atoms with van der Waals surface area (Å²) < 4.78 is 44.5. The largest absolute Gasteiger partial charge is 0.486 e. The molecule has 1 amide bonds. The number of ether oxygens (including phenoxy) is 3. The van der Waals surface area contributed by atoms with Crippen molar-refractivity contribution in [2.24, 2.45) is 0 Å². The summed E-state index contributed by atoms with van der Waals surface area (Å²) in [5.74, 6) is 0.511. The lowest BCUT2D eigenvalue weighted by Crippen LogP contribution is -2.46. The van der Waals surface area contributed by atoms with Crippen molar-refractivity contribution in [1.29, 1.82) is 0 Å². The number of likely N-dealkylation sites (tertiary alicyclic amines) is 1. The average Bonchev–Trinajstić information content (AvgIpc) is 3.23. The number of amides is 1. The smallest absolute Gasteiger partial charge is 0.218 e. The van der Waals surface area contributed by atoms with Gasteiger partial charge in [-0.1, -0.05) is 12.1 Å². The van der Waals surface area contributed by atoms with Gasteiger partial charge in [-0.2, -0.15) is 4.31 Å². The minimum Gasteiger partial charge on any atom is -0.486 e. The molecule has 154 valence electrons. The van der Waals surface area contributed by atoms with E-state index in [1.807, 2.05) is 0 Å². The van der Waals surface area contributed by atoms with Crippen LogP contribution in [0.4, 0.5) is 0 Å². The lowest BCUT2D eigenvalue weighted by Gasteiger charge is -2.31. The van der Waals surface area contributed by atoms with Crippen LogP contribution in [-0.4, -0.2) is 81.7 Å². The molecule has 3 saturated heterocycles. The third-order valence-corrected chi connectivity index (χ3v) is 7.42. The monoisotopic (exact) mass is 410 g/mol.